The van der Waals surface area contributed by atoms with E-state index in [9.17, 15) is 0 Å². The van der Waals surface area contributed by atoms with Gasteiger partial charge in [-0.25, -0.2) is 0 Å². The highest BCUT2D eigenvalue weighted by Gasteiger charge is 2.16. The van der Waals surface area contributed by atoms with Crippen LogP contribution in [-0.4, -0.2) is 42.6 Å². The van der Waals surface area contributed by atoms with E-state index in [1.807, 2.05) is 18.2 Å². The lowest BCUT2D eigenvalue weighted by Gasteiger charge is -2.35. The van der Waals surface area contributed by atoms with Gasteiger partial charge in [0.15, 0.2) is 0 Å². The van der Waals surface area contributed by atoms with Gasteiger partial charge in [0.1, 0.15) is 4.99 Å². The first-order chi connectivity index (χ1) is 8.61. The Balaban J connectivity index is 2.11. The van der Waals surface area contributed by atoms with Crippen molar-refractivity contribution in [1.82, 2.24) is 4.90 Å². The van der Waals surface area contributed by atoms with E-state index in [1.165, 1.54) is 0 Å². The number of halogens is 1. The third-order valence-electron chi connectivity index (χ3n) is 3.40. The fourth-order valence-electron chi connectivity index (χ4n) is 2.22. The molecule has 98 valence electrons. The van der Waals surface area contributed by atoms with Gasteiger partial charge < -0.3 is 15.5 Å². The molecule has 0 unspecified atom stereocenters. The molecular weight excluding hydrogens is 266 g/mol. The van der Waals surface area contributed by atoms with Crippen LogP contribution in [0, 0.1) is 0 Å². The highest BCUT2D eigenvalue weighted by molar-refractivity contribution is 7.80. The van der Waals surface area contributed by atoms with E-state index in [1.54, 1.807) is 0 Å². The molecule has 18 heavy (non-hydrogen) atoms. The second kappa shape index (κ2) is 5.87. The van der Waals surface area contributed by atoms with Gasteiger partial charge in [-0.2, -0.15) is 0 Å². The van der Waals surface area contributed by atoms with E-state index >= 15 is 0 Å². The number of nitrogens with two attached hydrogens (primary N) is 1. The van der Waals surface area contributed by atoms with Crippen molar-refractivity contribution in [2.45, 2.75) is 6.92 Å². The molecule has 0 spiro atoms. The number of rotatable bonds is 3. The van der Waals surface area contributed by atoms with Gasteiger partial charge in [-0.05, 0) is 24.7 Å². The molecule has 0 bridgehead atoms. The smallest absolute Gasteiger partial charge is 0.105 e. The zero-order chi connectivity index (χ0) is 13.1. The standard InChI is InChI=1S/C13H18ClN3S/c1-2-16-5-7-17(8-6-16)10-3-4-11(13(15)18)12(14)9-10/h3-4,9H,2,5-8H2,1H3,(H2,15,18). The lowest BCUT2D eigenvalue weighted by molar-refractivity contribution is 0.271. The first-order valence-electron chi connectivity index (χ1n) is 6.18. The van der Waals surface area contributed by atoms with Gasteiger partial charge in [0.05, 0.1) is 5.02 Å². The van der Waals surface area contributed by atoms with Gasteiger partial charge >= 0.3 is 0 Å². The minimum atomic E-state index is 0.349. The minimum Gasteiger partial charge on any atom is -0.389 e. The Kier molecular flexibility index (Phi) is 4.43. The normalized spacial score (nSPS) is 16.9. The number of hydrogen-bond donors (Lipinski definition) is 1. The van der Waals surface area contributed by atoms with E-state index < -0.39 is 0 Å². The predicted octanol–water partition coefficient (Wildman–Crippen LogP) is 2.12. The molecule has 0 aromatic heterocycles. The number of piperazine rings is 1. The molecule has 1 aliphatic heterocycles. The molecule has 2 N–H and O–H groups in total. The zero-order valence-corrected chi connectivity index (χ0v) is 12.1. The maximum atomic E-state index is 6.19. The van der Waals surface area contributed by atoms with Crippen LogP contribution in [0.2, 0.25) is 5.02 Å². The van der Waals surface area contributed by atoms with Gasteiger partial charge in [0.25, 0.3) is 0 Å². The molecule has 1 heterocycles. The number of anilines is 1. The summed E-state index contributed by atoms with van der Waals surface area (Å²) in [5.74, 6) is 0. The van der Waals surface area contributed by atoms with E-state index in [0.717, 1.165) is 44.0 Å². The SMILES string of the molecule is CCN1CCN(c2ccc(C(N)=S)c(Cl)c2)CC1. The van der Waals surface area contributed by atoms with E-state index in [0.29, 0.717) is 10.0 Å². The Labute approximate surface area is 119 Å². The summed E-state index contributed by atoms with van der Waals surface area (Å²) in [5, 5.41) is 0.637. The van der Waals surface area contributed by atoms with Crippen LogP contribution in [0.4, 0.5) is 5.69 Å². The highest BCUT2D eigenvalue weighted by Crippen LogP contribution is 2.24. The van der Waals surface area contributed by atoms with Gasteiger partial charge in [-0.3, -0.25) is 0 Å². The predicted molar refractivity (Wildman–Crippen MR) is 81.7 cm³/mol. The first-order valence-corrected chi connectivity index (χ1v) is 6.97. The molecule has 0 saturated carbocycles. The number of nitrogens with zero attached hydrogens (tertiary/aromatic N) is 2. The van der Waals surface area contributed by atoms with Crippen LogP contribution in [0.3, 0.4) is 0 Å². The molecule has 1 aromatic carbocycles. The average Bonchev–Trinajstić information content (AvgIpc) is 2.38. The summed E-state index contributed by atoms with van der Waals surface area (Å²) in [5.41, 5.74) is 7.51. The lowest BCUT2D eigenvalue weighted by Crippen LogP contribution is -2.46. The van der Waals surface area contributed by atoms with Crippen molar-refractivity contribution >= 4 is 34.5 Å². The maximum absolute atomic E-state index is 6.19. The summed E-state index contributed by atoms with van der Waals surface area (Å²) in [6, 6.07) is 5.91. The van der Waals surface area contributed by atoms with Crippen molar-refractivity contribution in [3.63, 3.8) is 0 Å². The average molecular weight is 284 g/mol. The molecule has 1 saturated heterocycles. The van der Waals surface area contributed by atoms with Crippen molar-refractivity contribution in [3.8, 4) is 0 Å². The van der Waals surface area contributed by atoms with Crippen molar-refractivity contribution in [2.24, 2.45) is 5.73 Å². The van der Waals surface area contributed by atoms with Crippen LogP contribution in [0.15, 0.2) is 18.2 Å². The number of likely N-dealkylation sites (N-methyl/N-ethyl adjacent to an activating group) is 1. The molecule has 1 aliphatic rings. The molecule has 2 rings (SSSR count). The van der Waals surface area contributed by atoms with E-state index in [4.69, 9.17) is 29.6 Å². The second-order valence-corrected chi connectivity index (χ2v) is 5.30. The minimum absolute atomic E-state index is 0.349. The summed E-state index contributed by atoms with van der Waals surface area (Å²) in [7, 11) is 0. The monoisotopic (exact) mass is 283 g/mol. The first kappa shape index (κ1) is 13.6. The third-order valence-corrected chi connectivity index (χ3v) is 3.94. The number of benzene rings is 1. The van der Waals surface area contributed by atoms with Crippen molar-refractivity contribution < 1.29 is 0 Å². The number of thiocarbonyl (C=S) groups is 1. The highest BCUT2D eigenvalue weighted by atomic mass is 35.5. The Hall–Kier alpha value is -0.840. The van der Waals surface area contributed by atoms with Gasteiger partial charge in [-0.1, -0.05) is 30.7 Å². The molecule has 0 atom stereocenters. The van der Waals surface area contributed by atoms with Crippen LogP contribution in [0.5, 0.6) is 0 Å². The fraction of sp³-hybridized carbons (Fsp3) is 0.462. The maximum Gasteiger partial charge on any atom is 0.105 e. The Morgan fingerprint density at radius 2 is 2.00 bits per heavy atom. The van der Waals surface area contributed by atoms with Gasteiger partial charge in [0, 0.05) is 37.4 Å². The quantitative estimate of drug-likeness (QED) is 0.862. The molecule has 1 aromatic rings. The molecular formula is C13H18ClN3S. The summed E-state index contributed by atoms with van der Waals surface area (Å²) in [4.78, 5) is 5.14. The van der Waals surface area contributed by atoms with E-state index in [2.05, 4.69) is 16.7 Å². The molecule has 0 aliphatic carbocycles. The van der Waals surface area contributed by atoms with Crippen molar-refractivity contribution in [3.05, 3.63) is 28.8 Å². The van der Waals surface area contributed by atoms with Crippen LogP contribution < -0.4 is 10.6 Å². The lowest BCUT2D eigenvalue weighted by atomic mass is 10.1. The Bertz CT molecular complexity index is 442. The van der Waals surface area contributed by atoms with Crippen LogP contribution in [-0.2, 0) is 0 Å². The van der Waals surface area contributed by atoms with Crippen molar-refractivity contribution in [1.29, 1.82) is 0 Å². The largest absolute Gasteiger partial charge is 0.389 e. The Morgan fingerprint density at radius 1 is 1.33 bits per heavy atom. The van der Waals surface area contributed by atoms with Crippen molar-refractivity contribution in [2.75, 3.05) is 37.6 Å². The second-order valence-electron chi connectivity index (χ2n) is 4.45. The topological polar surface area (TPSA) is 32.5 Å². The molecule has 5 heteroatoms. The van der Waals surface area contributed by atoms with Gasteiger partial charge in [0.2, 0.25) is 0 Å². The molecule has 1 fully saturated rings. The van der Waals surface area contributed by atoms with Crippen LogP contribution in [0.25, 0.3) is 0 Å². The summed E-state index contributed by atoms with van der Waals surface area (Å²) >= 11 is 11.1. The summed E-state index contributed by atoms with van der Waals surface area (Å²) in [6.45, 7) is 7.60. The summed E-state index contributed by atoms with van der Waals surface area (Å²) < 4.78 is 0. The Morgan fingerprint density at radius 3 is 2.50 bits per heavy atom. The number of hydrogen-bond acceptors (Lipinski definition) is 3. The fourth-order valence-corrected chi connectivity index (χ4v) is 2.73. The third kappa shape index (κ3) is 2.94. The van der Waals surface area contributed by atoms with E-state index in [-0.39, 0.29) is 0 Å². The zero-order valence-electron chi connectivity index (χ0n) is 10.5. The molecule has 0 radical (unpaired) electrons. The molecule has 3 nitrogen and oxygen atoms in total. The van der Waals surface area contributed by atoms with Gasteiger partial charge in [-0.15, -0.1) is 0 Å². The summed E-state index contributed by atoms with van der Waals surface area (Å²) in [6.07, 6.45) is 0. The van der Waals surface area contributed by atoms with Crippen LogP contribution in [0.1, 0.15) is 12.5 Å². The van der Waals surface area contributed by atoms with Crippen LogP contribution >= 0.6 is 23.8 Å². The molecule has 0 amide bonds.